The molecular formula is C15H18N2O2S. The summed E-state index contributed by atoms with van der Waals surface area (Å²) in [5.74, 6) is 1.66. The van der Waals surface area contributed by atoms with Crippen molar-refractivity contribution in [1.29, 1.82) is 0 Å². The molecule has 1 aromatic heterocycles. The van der Waals surface area contributed by atoms with Crippen molar-refractivity contribution in [1.82, 2.24) is 10.3 Å². The first kappa shape index (κ1) is 13.4. The Morgan fingerprint density at radius 2 is 2.15 bits per heavy atom. The van der Waals surface area contributed by atoms with Crippen LogP contribution in [0.3, 0.4) is 0 Å². The van der Waals surface area contributed by atoms with E-state index in [1.165, 1.54) is 0 Å². The maximum Gasteiger partial charge on any atom is 0.161 e. The van der Waals surface area contributed by atoms with Crippen LogP contribution in [0.5, 0.6) is 11.5 Å². The van der Waals surface area contributed by atoms with Crippen LogP contribution in [0.25, 0.3) is 0 Å². The van der Waals surface area contributed by atoms with Gasteiger partial charge in [-0.15, -0.1) is 11.3 Å². The monoisotopic (exact) mass is 290 g/mol. The number of rotatable bonds is 4. The molecule has 1 aliphatic heterocycles. The fraction of sp³-hybridized carbons (Fsp3) is 0.400. The minimum Gasteiger partial charge on any atom is -0.490 e. The van der Waals surface area contributed by atoms with Crippen molar-refractivity contribution in [2.45, 2.75) is 19.4 Å². The lowest BCUT2D eigenvalue weighted by Gasteiger charge is -2.18. The number of nitrogens with one attached hydrogen (secondary N) is 1. The van der Waals surface area contributed by atoms with E-state index in [2.05, 4.69) is 34.7 Å². The normalized spacial score (nSPS) is 15.7. The van der Waals surface area contributed by atoms with Gasteiger partial charge in [0.2, 0.25) is 0 Å². The van der Waals surface area contributed by atoms with Crippen molar-refractivity contribution < 1.29 is 9.47 Å². The van der Waals surface area contributed by atoms with Crippen LogP contribution in [0.2, 0.25) is 0 Å². The number of nitrogens with zero attached hydrogens (tertiary/aromatic N) is 1. The Labute approximate surface area is 122 Å². The highest BCUT2D eigenvalue weighted by atomic mass is 32.1. The summed E-state index contributed by atoms with van der Waals surface area (Å²) in [4.78, 5) is 4.43. The molecule has 2 aromatic rings. The molecule has 20 heavy (non-hydrogen) atoms. The summed E-state index contributed by atoms with van der Waals surface area (Å²) in [6.45, 7) is 4.41. The van der Waals surface area contributed by atoms with Gasteiger partial charge in [0.25, 0.3) is 0 Å². The maximum atomic E-state index is 5.76. The first-order valence-corrected chi connectivity index (χ1v) is 7.84. The average Bonchev–Trinajstić information content (AvgIpc) is 2.89. The van der Waals surface area contributed by atoms with Crippen molar-refractivity contribution in [3.05, 3.63) is 40.3 Å². The van der Waals surface area contributed by atoms with Crippen molar-refractivity contribution in [2.24, 2.45) is 0 Å². The molecule has 0 aliphatic carbocycles. The van der Waals surface area contributed by atoms with Crippen molar-refractivity contribution in [2.75, 3.05) is 19.8 Å². The van der Waals surface area contributed by atoms with Crippen LogP contribution in [0.15, 0.2) is 29.1 Å². The molecule has 5 heteroatoms. The topological polar surface area (TPSA) is 43.4 Å². The summed E-state index contributed by atoms with van der Waals surface area (Å²) < 4.78 is 11.4. The summed E-state index contributed by atoms with van der Waals surface area (Å²) >= 11 is 1.61. The highest BCUT2D eigenvalue weighted by molar-refractivity contribution is 7.07. The Morgan fingerprint density at radius 3 is 2.90 bits per heavy atom. The van der Waals surface area contributed by atoms with Gasteiger partial charge in [-0.1, -0.05) is 13.0 Å². The van der Waals surface area contributed by atoms with E-state index in [-0.39, 0.29) is 6.04 Å². The Hall–Kier alpha value is -1.59. The van der Waals surface area contributed by atoms with Crippen molar-refractivity contribution >= 4 is 11.3 Å². The lowest BCUT2D eigenvalue weighted by molar-refractivity contribution is 0.297. The van der Waals surface area contributed by atoms with Crippen LogP contribution >= 0.6 is 11.3 Å². The zero-order valence-electron chi connectivity index (χ0n) is 11.5. The van der Waals surface area contributed by atoms with Gasteiger partial charge in [0, 0.05) is 11.8 Å². The molecule has 0 spiro atoms. The smallest absolute Gasteiger partial charge is 0.161 e. The fourth-order valence-electron chi connectivity index (χ4n) is 2.32. The third-order valence-electron chi connectivity index (χ3n) is 3.26. The number of hydrogen-bond acceptors (Lipinski definition) is 5. The van der Waals surface area contributed by atoms with E-state index in [9.17, 15) is 0 Å². The van der Waals surface area contributed by atoms with Gasteiger partial charge >= 0.3 is 0 Å². The molecular weight excluding hydrogens is 272 g/mol. The molecule has 0 saturated heterocycles. The van der Waals surface area contributed by atoms with E-state index in [0.29, 0.717) is 6.61 Å². The van der Waals surface area contributed by atoms with Crippen LogP contribution in [0.4, 0.5) is 0 Å². The van der Waals surface area contributed by atoms with Crippen LogP contribution in [-0.2, 0) is 0 Å². The van der Waals surface area contributed by atoms with E-state index < -0.39 is 0 Å². The lowest BCUT2D eigenvalue weighted by Crippen LogP contribution is -2.22. The largest absolute Gasteiger partial charge is 0.490 e. The number of ether oxygens (including phenoxy) is 2. The summed E-state index contributed by atoms with van der Waals surface area (Å²) in [6.07, 6.45) is 0.923. The number of aromatic nitrogens is 1. The highest BCUT2D eigenvalue weighted by Crippen LogP contribution is 2.33. The Kier molecular flexibility index (Phi) is 4.18. The molecule has 0 saturated carbocycles. The summed E-state index contributed by atoms with van der Waals surface area (Å²) in [6, 6.07) is 6.24. The van der Waals surface area contributed by atoms with E-state index in [0.717, 1.165) is 42.3 Å². The summed E-state index contributed by atoms with van der Waals surface area (Å²) in [5, 5.41) is 5.55. The SMILES string of the molecule is CCNC(c1ccc2c(c1)OCCCO2)c1cscn1. The number of thiazole rings is 1. The molecule has 1 aromatic carbocycles. The zero-order chi connectivity index (χ0) is 13.8. The molecule has 0 radical (unpaired) electrons. The van der Waals surface area contributed by atoms with Gasteiger partial charge < -0.3 is 14.8 Å². The molecule has 1 N–H and O–H groups in total. The Morgan fingerprint density at radius 1 is 1.30 bits per heavy atom. The van der Waals surface area contributed by atoms with E-state index in [1.54, 1.807) is 11.3 Å². The van der Waals surface area contributed by atoms with Crippen LogP contribution in [0, 0.1) is 0 Å². The van der Waals surface area contributed by atoms with E-state index in [4.69, 9.17) is 9.47 Å². The Bertz CT molecular complexity index is 557. The second-order valence-corrected chi connectivity index (χ2v) is 5.38. The number of benzene rings is 1. The van der Waals surface area contributed by atoms with Crippen molar-refractivity contribution in [3.8, 4) is 11.5 Å². The third kappa shape index (κ3) is 2.78. The van der Waals surface area contributed by atoms with Gasteiger partial charge in [0.05, 0.1) is 30.5 Å². The fourth-order valence-corrected chi connectivity index (χ4v) is 2.90. The molecule has 1 aliphatic rings. The van der Waals surface area contributed by atoms with E-state index >= 15 is 0 Å². The minimum absolute atomic E-state index is 0.100. The molecule has 2 heterocycles. The van der Waals surface area contributed by atoms with Crippen LogP contribution in [-0.4, -0.2) is 24.7 Å². The highest BCUT2D eigenvalue weighted by Gasteiger charge is 2.18. The molecule has 0 amide bonds. The van der Waals surface area contributed by atoms with Gasteiger partial charge in [-0.05, 0) is 24.2 Å². The minimum atomic E-state index is 0.100. The van der Waals surface area contributed by atoms with Gasteiger partial charge in [0.1, 0.15) is 0 Å². The molecule has 0 fully saturated rings. The standard InChI is InChI=1S/C15H18N2O2S/c1-2-16-15(12-9-20-10-17-12)11-4-5-13-14(8-11)19-7-3-6-18-13/h4-5,8-10,15-16H,2-3,6-7H2,1H3. The van der Waals surface area contributed by atoms with Gasteiger partial charge in [-0.25, -0.2) is 4.98 Å². The summed E-state index contributed by atoms with van der Waals surface area (Å²) in [7, 11) is 0. The van der Waals surface area contributed by atoms with Crippen molar-refractivity contribution in [3.63, 3.8) is 0 Å². The molecule has 1 atom stereocenters. The molecule has 106 valence electrons. The van der Waals surface area contributed by atoms with Crippen LogP contribution in [0.1, 0.15) is 30.6 Å². The van der Waals surface area contributed by atoms with Crippen LogP contribution < -0.4 is 14.8 Å². The maximum absolute atomic E-state index is 5.76. The van der Waals surface area contributed by atoms with Gasteiger partial charge in [0.15, 0.2) is 11.5 Å². The van der Waals surface area contributed by atoms with E-state index in [1.807, 2.05) is 11.6 Å². The zero-order valence-corrected chi connectivity index (χ0v) is 12.3. The lowest BCUT2D eigenvalue weighted by atomic mass is 10.0. The predicted molar refractivity (Wildman–Crippen MR) is 79.7 cm³/mol. The molecule has 1 unspecified atom stereocenters. The first-order chi connectivity index (χ1) is 9.88. The van der Waals surface area contributed by atoms with Gasteiger partial charge in [-0.3, -0.25) is 0 Å². The number of fused-ring (bicyclic) bond motifs is 1. The summed E-state index contributed by atoms with van der Waals surface area (Å²) in [5.41, 5.74) is 4.07. The second-order valence-electron chi connectivity index (χ2n) is 4.66. The first-order valence-electron chi connectivity index (χ1n) is 6.89. The quantitative estimate of drug-likeness (QED) is 0.940. The molecule has 3 rings (SSSR count). The Balaban J connectivity index is 1.93. The second kappa shape index (κ2) is 6.24. The third-order valence-corrected chi connectivity index (χ3v) is 3.87. The number of hydrogen-bond donors (Lipinski definition) is 1. The predicted octanol–water partition coefficient (Wildman–Crippen LogP) is 3.00. The molecule has 0 bridgehead atoms. The molecule has 4 nitrogen and oxygen atoms in total. The van der Waals surface area contributed by atoms with Gasteiger partial charge in [-0.2, -0.15) is 0 Å². The average molecular weight is 290 g/mol.